The van der Waals surface area contributed by atoms with E-state index in [0.29, 0.717) is 23.6 Å². The van der Waals surface area contributed by atoms with Crippen LogP contribution >= 0.6 is 0 Å². The molecular weight excluding hydrogens is 404 g/mol. The molecule has 3 heterocycles. The number of hydrogen-bond acceptors (Lipinski definition) is 5. The highest BCUT2D eigenvalue weighted by molar-refractivity contribution is 5.86. The zero-order valence-corrected chi connectivity index (χ0v) is 17.8. The Bertz CT molecular complexity index is 1470. The van der Waals surface area contributed by atoms with Gasteiger partial charge in [-0.15, -0.1) is 0 Å². The molecule has 32 heavy (non-hydrogen) atoms. The predicted molar refractivity (Wildman–Crippen MR) is 126 cm³/mol. The van der Waals surface area contributed by atoms with E-state index in [-0.39, 0.29) is 5.56 Å². The number of methoxy groups -OCH3 is 2. The van der Waals surface area contributed by atoms with Gasteiger partial charge in [0.1, 0.15) is 28.7 Å². The first-order chi connectivity index (χ1) is 15.7. The third-order valence-corrected chi connectivity index (χ3v) is 5.46. The topological polar surface area (TPSA) is 80.7 Å². The van der Waals surface area contributed by atoms with Crippen LogP contribution in [0.2, 0.25) is 0 Å². The van der Waals surface area contributed by atoms with E-state index in [2.05, 4.69) is 10.3 Å². The molecule has 0 aliphatic rings. The van der Waals surface area contributed by atoms with E-state index in [1.807, 2.05) is 77.3 Å². The Hall–Kier alpha value is -4.26. The highest BCUT2D eigenvalue weighted by atomic mass is 16.5. The lowest BCUT2D eigenvalue weighted by Crippen LogP contribution is -2.11. The van der Waals surface area contributed by atoms with Crippen molar-refractivity contribution < 1.29 is 9.47 Å². The van der Waals surface area contributed by atoms with Gasteiger partial charge in [-0.3, -0.25) is 9.20 Å². The molecule has 5 rings (SSSR count). The summed E-state index contributed by atoms with van der Waals surface area (Å²) in [4.78, 5) is 20.7. The van der Waals surface area contributed by atoms with Crippen molar-refractivity contribution in [1.29, 1.82) is 0 Å². The molecule has 5 aromatic rings. The third-order valence-electron chi connectivity index (χ3n) is 5.46. The smallest absolute Gasteiger partial charge is 0.258 e. The maximum Gasteiger partial charge on any atom is 0.258 e. The van der Waals surface area contributed by atoms with E-state index in [9.17, 15) is 4.79 Å². The summed E-state index contributed by atoms with van der Waals surface area (Å²) in [6.07, 6.45) is 1.93. The quantitative estimate of drug-likeness (QED) is 0.419. The van der Waals surface area contributed by atoms with Crippen molar-refractivity contribution >= 4 is 22.4 Å². The fourth-order valence-corrected chi connectivity index (χ4v) is 3.76. The molecule has 3 aromatic heterocycles. The van der Waals surface area contributed by atoms with E-state index in [0.717, 1.165) is 33.7 Å². The molecule has 7 nitrogen and oxygen atoms in total. The maximum atomic E-state index is 13.0. The third kappa shape index (κ3) is 3.54. The predicted octanol–water partition coefficient (Wildman–Crippen LogP) is 4.47. The van der Waals surface area contributed by atoms with E-state index < -0.39 is 0 Å². The zero-order chi connectivity index (χ0) is 22.1. The maximum absolute atomic E-state index is 13.0. The summed E-state index contributed by atoms with van der Waals surface area (Å²) < 4.78 is 12.5. The molecule has 0 saturated carbocycles. The second kappa shape index (κ2) is 8.11. The van der Waals surface area contributed by atoms with Crippen LogP contribution in [0.5, 0.6) is 11.5 Å². The zero-order valence-electron chi connectivity index (χ0n) is 17.8. The number of hydrogen-bond donors (Lipinski definition) is 2. The Balaban J connectivity index is 1.59. The summed E-state index contributed by atoms with van der Waals surface area (Å²) in [5.74, 6) is 2.26. The lowest BCUT2D eigenvalue weighted by molar-refractivity contribution is 0.414. The first-order valence-corrected chi connectivity index (χ1v) is 10.2. The fourth-order valence-electron chi connectivity index (χ4n) is 3.76. The number of anilines is 1. The van der Waals surface area contributed by atoms with Crippen molar-refractivity contribution in [1.82, 2.24) is 14.4 Å². The lowest BCUT2D eigenvalue weighted by Gasteiger charge is -2.10. The van der Waals surface area contributed by atoms with Gasteiger partial charge < -0.3 is 19.8 Å². The van der Waals surface area contributed by atoms with Gasteiger partial charge in [0.2, 0.25) is 0 Å². The van der Waals surface area contributed by atoms with Crippen LogP contribution in [0.4, 0.5) is 5.82 Å². The number of rotatable bonds is 6. The number of pyridine rings is 2. The number of nitrogens with one attached hydrogen (secondary N) is 2. The minimum atomic E-state index is -0.207. The largest absolute Gasteiger partial charge is 0.497 e. The van der Waals surface area contributed by atoms with Crippen molar-refractivity contribution in [2.45, 2.75) is 6.54 Å². The van der Waals surface area contributed by atoms with Gasteiger partial charge in [0.05, 0.1) is 25.3 Å². The second-order valence-electron chi connectivity index (χ2n) is 7.40. The van der Waals surface area contributed by atoms with Crippen LogP contribution < -0.4 is 20.3 Å². The molecule has 160 valence electrons. The minimum Gasteiger partial charge on any atom is -0.497 e. The first kappa shape index (κ1) is 19.7. The molecule has 0 spiro atoms. The number of ether oxygens (including phenoxy) is 2. The standard InChI is InChI=1S/C25H22N4O3/c1-31-18-9-6-16(7-10-18)15-26-24-23(28-22-5-3-4-12-29(22)24)20-13-17-8-11-19(32-2)14-21(17)27-25(20)30/h3-14,26H,15H2,1-2H3,(H,27,30). The Morgan fingerprint density at radius 1 is 0.969 bits per heavy atom. The molecule has 2 N–H and O–H groups in total. The Labute approximate surface area is 184 Å². The number of aromatic nitrogens is 3. The highest BCUT2D eigenvalue weighted by Gasteiger charge is 2.17. The molecule has 0 saturated heterocycles. The van der Waals surface area contributed by atoms with E-state index >= 15 is 0 Å². The van der Waals surface area contributed by atoms with Gasteiger partial charge in [-0.05, 0) is 53.4 Å². The van der Waals surface area contributed by atoms with Crippen LogP contribution in [0.25, 0.3) is 27.8 Å². The summed E-state index contributed by atoms with van der Waals surface area (Å²) in [5, 5.41) is 4.37. The molecule has 0 amide bonds. The van der Waals surface area contributed by atoms with Crippen molar-refractivity contribution in [3.05, 3.63) is 88.8 Å². The molecule has 0 aliphatic carbocycles. The first-order valence-electron chi connectivity index (χ1n) is 10.2. The molecule has 0 bridgehead atoms. The van der Waals surface area contributed by atoms with E-state index in [4.69, 9.17) is 14.5 Å². The Morgan fingerprint density at radius 3 is 2.53 bits per heavy atom. The summed E-state index contributed by atoms with van der Waals surface area (Å²) in [7, 11) is 3.25. The number of benzene rings is 2. The Kier molecular flexibility index (Phi) is 4.99. The van der Waals surface area contributed by atoms with Crippen molar-refractivity contribution in [3.63, 3.8) is 0 Å². The van der Waals surface area contributed by atoms with Gasteiger partial charge in [-0.2, -0.15) is 0 Å². The molecule has 0 radical (unpaired) electrons. The van der Waals surface area contributed by atoms with E-state index in [1.165, 1.54) is 0 Å². The van der Waals surface area contributed by atoms with Crippen molar-refractivity contribution in [3.8, 4) is 22.8 Å². The highest BCUT2D eigenvalue weighted by Crippen LogP contribution is 2.29. The van der Waals surface area contributed by atoms with Crippen LogP contribution in [0.15, 0.2) is 77.7 Å². The van der Waals surface area contributed by atoms with Gasteiger partial charge in [0, 0.05) is 18.8 Å². The average molecular weight is 426 g/mol. The molecule has 0 fully saturated rings. The number of H-pyrrole nitrogens is 1. The molecule has 0 unspecified atom stereocenters. The molecule has 0 aliphatic heterocycles. The lowest BCUT2D eigenvalue weighted by atomic mass is 10.1. The van der Waals surface area contributed by atoms with Gasteiger partial charge in [0.25, 0.3) is 5.56 Å². The van der Waals surface area contributed by atoms with E-state index in [1.54, 1.807) is 14.2 Å². The van der Waals surface area contributed by atoms with Crippen LogP contribution in [-0.4, -0.2) is 28.6 Å². The molecular formula is C25H22N4O3. The number of nitrogens with zero attached hydrogens (tertiary/aromatic N) is 2. The average Bonchev–Trinajstić information content (AvgIpc) is 3.20. The molecule has 7 heteroatoms. The van der Waals surface area contributed by atoms with Crippen LogP contribution in [0, 0.1) is 0 Å². The van der Waals surface area contributed by atoms with Crippen LogP contribution in [-0.2, 0) is 6.54 Å². The Morgan fingerprint density at radius 2 is 1.75 bits per heavy atom. The van der Waals surface area contributed by atoms with Crippen molar-refractivity contribution in [2.75, 3.05) is 19.5 Å². The molecule has 0 atom stereocenters. The molecule has 2 aromatic carbocycles. The van der Waals surface area contributed by atoms with Gasteiger partial charge in [-0.25, -0.2) is 4.98 Å². The monoisotopic (exact) mass is 426 g/mol. The normalized spacial score (nSPS) is 11.1. The minimum absolute atomic E-state index is 0.207. The fraction of sp³-hybridized carbons (Fsp3) is 0.120. The SMILES string of the molecule is COc1ccc(CNc2c(-c3cc4ccc(OC)cc4[nH]c3=O)nc3ccccn23)cc1. The van der Waals surface area contributed by atoms with Gasteiger partial charge >= 0.3 is 0 Å². The number of imidazole rings is 1. The summed E-state index contributed by atoms with van der Waals surface area (Å²) in [5.41, 5.74) is 3.46. The summed E-state index contributed by atoms with van der Waals surface area (Å²) >= 11 is 0. The number of fused-ring (bicyclic) bond motifs is 2. The van der Waals surface area contributed by atoms with Gasteiger partial charge in [0.15, 0.2) is 0 Å². The second-order valence-corrected chi connectivity index (χ2v) is 7.40. The number of aromatic amines is 1. The summed E-state index contributed by atoms with van der Waals surface area (Å²) in [6.45, 7) is 0.572. The van der Waals surface area contributed by atoms with Crippen LogP contribution in [0.1, 0.15) is 5.56 Å². The van der Waals surface area contributed by atoms with Crippen LogP contribution in [0.3, 0.4) is 0 Å². The van der Waals surface area contributed by atoms with Gasteiger partial charge in [-0.1, -0.05) is 18.2 Å². The van der Waals surface area contributed by atoms with Crippen molar-refractivity contribution in [2.24, 2.45) is 0 Å². The summed E-state index contributed by atoms with van der Waals surface area (Å²) in [6, 6.07) is 21.1.